The summed E-state index contributed by atoms with van der Waals surface area (Å²) in [7, 11) is 0. The van der Waals surface area contributed by atoms with Crippen molar-refractivity contribution in [3.63, 3.8) is 0 Å². The minimum Gasteiger partial charge on any atom is -0.325 e. The Labute approximate surface area is 107 Å². The minimum atomic E-state index is -0.509. The number of nitrogens with two attached hydrogens (primary N) is 1. The van der Waals surface area contributed by atoms with Crippen LogP contribution in [0, 0.1) is 0 Å². The molecule has 2 aromatic rings. The quantitative estimate of drug-likeness (QED) is 0.866. The van der Waals surface area contributed by atoms with Gasteiger partial charge in [-0.2, -0.15) is 0 Å². The largest absolute Gasteiger partial charge is 0.325 e. The van der Waals surface area contributed by atoms with Gasteiger partial charge in [0.15, 0.2) is 0 Å². The summed E-state index contributed by atoms with van der Waals surface area (Å²) in [5, 5.41) is 2.79. The van der Waals surface area contributed by atoms with Gasteiger partial charge in [-0.05, 0) is 30.2 Å². The van der Waals surface area contributed by atoms with Gasteiger partial charge in [-0.3, -0.25) is 4.79 Å². The van der Waals surface area contributed by atoms with Crippen molar-refractivity contribution in [3.05, 3.63) is 54.6 Å². The average molecular weight is 240 g/mol. The fourth-order valence-electron chi connectivity index (χ4n) is 1.66. The van der Waals surface area contributed by atoms with Crippen LogP contribution in [0.2, 0.25) is 0 Å². The Hall–Kier alpha value is -2.13. The highest BCUT2D eigenvalue weighted by Crippen LogP contribution is 2.22. The fraction of sp³-hybridized carbons (Fsp3) is 0.133. The second-order valence-corrected chi connectivity index (χ2v) is 4.22. The first kappa shape index (κ1) is 12.3. The molecule has 0 aliphatic carbocycles. The summed E-state index contributed by atoms with van der Waals surface area (Å²) in [4.78, 5) is 11.5. The second kappa shape index (κ2) is 5.47. The first-order valence-electron chi connectivity index (χ1n) is 5.89. The van der Waals surface area contributed by atoms with E-state index < -0.39 is 6.04 Å². The van der Waals surface area contributed by atoms with Crippen molar-refractivity contribution in [3.8, 4) is 11.1 Å². The molecule has 3 N–H and O–H groups in total. The second-order valence-electron chi connectivity index (χ2n) is 4.22. The third-order valence-corrected chi connectivity index (χ3v) is 2.65. The van der Waals surface area contributed by atoms with E-state index in [9.17, 15) is 4.79 Å². The molecule has 1 amide bonds. The maximum atomic E-state index is 11.5. The lowest BCUT2D eigenvalue weighted by Gasteiger charge is -2.09. The molecule has 0 aliphatic rings. The lowest BCUT2D eigenvalue weighted by atomic mass is 10.1. The molecule has 2 rings (SSSR count). The molecule has 0 spiro atoms. The van der Waals surface area contributed by atoms with Gasteiger partial charge in [0.25, 0.3) is 0 Å². The highest BCUT2D eigenvalue weighted by molar-refractivity contribution is 5.94. The first-order chi connectivity index (χ1) is 8.66. The third-order valence-electron chi connectivity index (χ3n) is 2.65. The van der Waals surface area contributed by atoms with Crippen LogP contribution in [0.1, 0.15) is 6.92 Å². The van der Waals surface area contributed by atoms with Crippen LogP contribution in [0.15, 0.2) is 54.6 Å². The number of carbonyl (C=O) groups is 1. The van der Waals surface area contributed by atoms with Crippen molar-refractivity contribution >= 4 is 11.6 Å². The van der Waals surface area contributed by atoms with Crippen LogP contribution in [0.3, 0.4) is 0 Å². The van der Waals surface area contributed by atoms with Crippen molar-refractivity contribution in [2.75, 3.05) is 5.32 Å². The Balaban J connectivity index is 2.23. The predicted molar refractivity (Wildman–Crippen MR) is 74.2 cm³/mol. The SMILES string of the molecule is C[C@H](N)C(=O)Nc1cccc(-c2ccccc2)c1. The number of hydrogen-bond acceptors (Lipinski definition) is 2. The maximum absolute atomic E-state index is 11.5. The molecular weight excluding hydrogens is 224 g/mol. The zero-order valence-corrected chi connectivity index (χ0v) is 10.3. The summed E-state index contributed by atoms with van der Waals surface area (Å²) in [6, 6.07) is 17.2. The Morgan fingerprint density at radius 3 is 2.39 bits per heavy atom. The van der Waals surface area contributed by atoms with Gasteiger partial charge in [-0.25, -0.2) is 0 Å². The van der Waals surface area contributed by atoms with Crippen LogP contribution in [-0.2, 0) is 4.79 Å². The van der Waals surface area contributed by atoms with Gasteiger partial charge in [0.05, 0.1) is 6.04 Å². The molecule has 0 bridgehead atoms. The number of hydrogen-bond donors (Lipinski definition) is 2. The number of nitrogens with one attached hydrogen (secondary N) is 1. The lowest BCUT2D eigenvalue weighted by molar-refractivity contribution is -0.117. The number of benzene rings is 2. The molecule has 3 heteroatoms. The van der Waals surface area contributed by atoms with E-state index >= 15 is 0 Å². The monoisotopic (exact) mass is 240 g/mol. The molecule has 1 atom stereocenters. The Kier molecular flexibility index (Phi) is 3.75. The Bertz CT molecular complexity index is 535. The van der Waals surface area contributed by atoms with Crippen LogP contribution in [0.25, 0.3) is 11.1 Å². The summed E-state index contributed by atoms with van der Waals surface area (Å²) in [6.45, 7) is 1.66. The molecule has 2 aromatic carbocycles. The number of anilines is 1. The van der Waals surface area contributed by atoms with E-state index in [0.29, 0.717) is 0 Å². The lowest BCUT2D eigenvalue weighted by Crippen LogP contribution is -2.32. The van der Waals surface area contributed by atoms with E-state index in [1.165, 1.54) is 0 Å². The van der Waals surface area contributed by atoms with Gasteiger partial charge in [-0.15, -0.1) is 0 Å². The first-order valence-corrected chi connectivity index (χ1v) is 5.89. The minimum absolute atomic E-state index is 0.180. The smallest absolute Gasteiger partial charge is 0.240 e. The highest BCUT2D eigenvalue weighted by atomic mass is 16.2. The molecule has 92 valence electrons. The zero-order chi connectivity index (χ0) is 13.0. The third kappa shape index (κ3) is 2.96. The molecule has 0 unspecified atom stereocenters. The normalized spacial score (nSPS) is 11.9. The van der Waals surface area contributed by atoms with Crippen molar-refractivity contribution in [2.24, 2.45) is 5.73 Å². The van der Waals surface area contributed by atoms with E-state index in [4.69, 9.17) is 5.73 Å². The summed E-state index contributed by atoms with van der Waals surface area (Å²) in [5.74, 6) is -0.180. The van der Waals surface area contributed by atoms with Crippen molar-refractivity contribution in [1.82, 2.24) is 0 Å². The van der Waals surface area contributed by atoms with Gasteiger partial charge < -0.3 is 11.1 Å². The molecule has 18 heavy (non-hydrogen) atoms. The number of amides is 1. The molecule has 0 aliphatic heterocycles. The van der Waals surface area contributed by atoms with E-state index in [-0.39, 0.29) is 5.91 Å². The number of carbonyl (C=O) groups excluding carboxylic acids is 1. The molecule has 0 heterocycles. The van der Waals surface area contributed by atoms with Crippen LogP contribution >= 0.6 is 0 Å². The Morgan fingerprint density at radius 1 is 1.06 bits per heavy atom. The topological polar surface area (TPSA) is 55.1 Å². The average Bonchev–Trinajstić information content (AvgIpc) is 2.40. The van der Waals surface area contributed by atoms with Crippen molar-refractivity contribution < 1.29 is 4.79 Å². The van der Waals surface area contributed by atoms with E-state index in [1.807, 2.05) is 54.6 Å². The standard InChI is InChI=1S/C15H16N2O/c1-11(16)15(18)17-14-9-5-8-13(10-14)12-6-3-2-4-7-12/h2-11H,16H2,1H3,(H,17,18)/t11-/m0/s1. The summed E-state index contributed by atoms with van der Waals surface area (Å²) >= 11 is 0. The van der Waals surface area contributed by atoms with Gasteiger partial charge in [0.1, 0.15) is 0 Å². The van der Waals surface area contributed by atoms with Crippen LogP contribution in [0.5, 0.6) is 0 Å². The summed E-state index contributed by atoms with van der Waals surface area (Å²) in [5.41, 5.74) is 8.47. The fourth-order valence-corrected chi connectivity index (χ4v) is 1.66. The molecule has 0 saturated heterocycles. The Morgan fingerprint density at radius 2 is 1.72 bits per heavy atom. The summed E-state index contributed by atoms with van der Waals surface area (Å²) in [6.07, 6.45) is 0. The number of rotatable bonds is 3. The van der Waals surface area contributed by atoms with Gasteiger partial charge in [0, 0.05) is 5.69 Å². The molecule has 3 nitrogen and oxygen atoms in total. The van der Waals surface area contributed by atoms with Gasteiger partial charge in [-0.1, -0.05) is 42.5 Å². The zero-order valence-electron chi connectivity index (χ0n) is 10.3. The molecular formula is C15H16N2O. The predicted octanol–water partition coefficient (Wildman–Crippen LogP) is 2.64. The van der Waals surface area contributed by atoms with Gasteiger partial charge >= 0.3 is 0 Å². The molecule has 0 fully saturated rings. The van der Waals surface area contributed by atoms with Crippen LogP contribution in [-0.4, -0.2) is 11.9 Å². The molecule has 0 saturated carbocycles. The van der Waals surface area contributed by atoms with E-state index in [0.717, 1.165) is 16.8 Å². The van der Waals surface area contributed by atoms with E-state index in [1.54, 1.807) is 6.92 Å². The van der Waals surface area contributed by atoms with Crippen molar-refractivity contribution in [1.29, 1.82) is 0 Å². The molecule has 0 radical (unpaired) electrons. The van der Waals surface area contributed by atoms with Crippen LogP contribution < -0.4 is 11.1 Å². The van der Waals surface area contributed by atoms with Crippen LogP contribution in [0.4, 0.5) is 5.69 Å². The van der Waals surface area contributed by atoms with Crippen molar-refractivity contribution in [2.45, 2.75) is 13.0 Å². The van der Waals surface area contributed by atoms with Gasteiger partial charge in [0.2, 0.25) is 5.91 Å². The highest BCUT2D eigenvalue weighted by Gasteiger charge is 2.07. The van der Waals surface area contributed by atoms with E-state index in [2.05, 4.69) is 5.32 Å². The summed E-state index contributed by atoms with van der Waals surface area (Å²) < 4.78 is 0. The molecule has 0 aromatic heterocycles. The maximum Gasteiger partial charge on any atom is 0.240 e.